The zero-order valence-corrected chi connectivity index (χ0v) is 14.7. The number of sulfonamides is 1. The minimum atomic E-state index is -3.51. The number of ether oxygens (including phenoxy) is 1. The summed E-state index contributed by atoms with van der Waals surface area (Å²) in [6.45, 7) is 2.86. The molecule has 1 aromatic carbocycles. The summed E-state index contributed by atoms with van der Waals surface area (Å²) in [5.41, 5.74) is 1.72. The Bertz CT molecular complexity index is 806. The van der Waals surface area contributed by atoms with Gasteiger partial charge in [0.1, 0.15) is 5.75 Å². The summed E-state index contributed by atoms with van der Waals surface area (Å²) < 4.78 is 32.4. The summed E-state index contributed by atoms with van der Waals surface area (Å²) >= 11 is 0. The molecular formula is C17H21N3O3S. The minimum absolute atomic E-state index is 0.0826. The van der Waals surface area contributed by atoms with Crippen LogP contribution in [0.15, 0.2) is 41.6 Å². The predicted octanol–water partition coefficient (Wildman–Crippen LogP) is 2.36. The summed E-state index contributed by atoms with van der Waals surface area (Å²) in [5.74, 6) is 0.722. The summed E-state index contributed by atoms with van der Waals surface area (Å²) in [5, 5.41) is 0. The lowest BCUT2D eigenvalue weighted by atomic mass is 9.96. The zero-order chi connectivity index (χ0) is 17.2. The van der Waals surface area contributed by atoms with Gasteiger partial charge in [-0.3, -0.25) is 9.97 Å². The number of aryl methyl sites for hydroxylation is 1. The van der Waals surface area contributed by atoms with E-state index in [1.165, 1.54) is 0 Å². The standard InChI is InChI=1S/C17H21N3O3S/c1-13-10-18-11-17(19-13)14-4-3-9-20(12-14)24(21,22)16-7-5-15(23-2)6-8-16/h5-8,10-11,14H,3-4,9,12H2,1-2H3. The van der Waals surface area contributed by atoms with Crippen LogP contribution < -0.4 is 4.74 Å². The van der Waals surface area contributed by atoms with E-state index < -0.39 is 10.0 Å². The Morgan fingerprint density at radius 3 is 2.62 bits per heavy atom. The number of hydrogen-bond donors (Lipinski definition) is 0. The molecule has 1 aliphatic rings. The number of rotatable bonds is 4. The molecule has 0 aliphatic carbocycles. The molecule has 128 valence electrons. The Balaban J connectivity index is 1.82. The first-order valence-electron chi connectivity index (χ1n) is 7.93. The molecule has 1 fully saturated rings. The van der Waals surface area contributed by atoms with Crippen LogP contribution in [-0.4, -0.2) is 42.9 Å². The molecule has 2 aromatic rings. The van der Waals surface area contributed by atoms with E-state index in [1.54, 1.807) is 48.1 Å². The van der Waals surface area contributed by atoms with Crippen molar-refractivity contribution in [1.82, 2.24) is 14.3 Å². The van der Waals surface area contributed by atoms with E-state index in [1.807, 2.05) is 6.92 Å². The maximum Gasteiger partial charge on any atom is 0.243 e. The third-order valence-electron chi connectivity index (χ3n) is 4.27. The van der Waals surface area contributed by atoms with Gasteiger partial charge in [0.15, 0.2) is 0 Å². The molecule has 1 atom stereocenters. The van der Waals surface area contributed by atoms with Crippen LogP contribution in [0, 0.1) is 6.92 Å². The number of methoxy groups -OCH3 is 1. The van der Waals surface area contributed by atoms with Gasteiger partial charge < -0.3 is 4.74 Å². The Hall–Kier alpha value is -1.99. The fourth-order valence-electron chi connectivity index (χ4n) is 2.98. The van der Waals surface area contributed by atoms with Gasteiger partial charge >= 0.3 is 0 Å². The number of piperidine rings is 1. The molecule has 1 aromatic heterocycles. The average Bonchev–Trinajstić information content (AvgIpc) is 2.62. The van der Waals surface area contributed by atoms with Crippen LogP contribution in [0.5, 0.6) is 5.75 Å². The molecule has 1 saturated heterocycles. The highest BCUT2D eigenvalue weighted by Gasteiger charge is 2.31. The lowest BCUT2D eigenvalue weighted by Gasteiger charge is -2.31. The van der Waals surface area contributed by atoms with Gasteiger partial charge in [0.25, 0.3) is 0 Å². The number of hydrogen-bond acceptors (Lipinski definition) is 5. The molecule has 0 N–H and O–H groups in total. The Morgan fingerprint density at radius 1 is 1.21 bits per heavy atom. The summed E-state index contributed by atoms with van der Waals surface area (Å²) in [4.78, 5) is 8.98. The van der Waals surface area contributed by atoms with Crippen molar-refractivity contribution in [1.29, 1.82) is 0 Å². The SMILES string of the molecule is COc1ccc(S(=O)(=O)N2CCCC(c3cncc(C)n3)C2)cc1. The van der Waals surface area contributed by atoms with Crippen LogP contribution in [0.4, 0.5) is 0 Å². The second-order valence-corrected chi connectivity index (χ2v) is 7.90. The molecular weight excluding hydrogens is 326 g/mol. The molecule has 6 nitrogen and oxygen atoms in total. The molecule has 1 unspecified atom stereocenters. The average molecular weight is 347 g/mol. The van der Waals surface area contributed by atoms with E-state index >= 15 is 0 Å². The lowest BCUT2D eigenvalue weighted by molar-refractivity contribution is 0.312. The minimum Gasteiger partial charge on any atom is -0.497 e. The van der Waals surface area contributed by atoms with Gasteiger partial charge in [-0.15, -0.1) is 0 Å². The quantitative estimate of drug-likeness (QED) is 0.849. The Kier molecular flexibility index (Phi) is 4.82. The normalized spacial score (nSPS) is 19.2. The third kappa shape index (κ3) is 3.42. The first-order valence-corrected chi connectivity index (χ1v) is 9.37. The molecule has 1 aliphatic heterocycles. The Labute approximate surface area is 142 Å². The summed E-state index contributed by atoms with van der Waals surface area (Å²) in [6.07, 6.45) is 5.18. The highest BCUT2D eigenvalue weighted by Crippen LogP contribution is 2.29. The number of benzene rings is 1. The van der Waals surface area contributed by atoms with Gasteiger partial charge in [0.05, 0.1) is 23.4 Å². The van der Waals surface area contributed by atoms with Crippen LogP contribution in [-0.2, 0) is 10.0 Å². The van der Waals surface area contributed by atoms with Gasteiger partial charge in [-0.25, -0.2) is 8.42 Å². The zero-order valence-electron chi connectivity index (χ0n) is 13.8. The molecule has 24 heavy (non-hydrogen) atoms. The summed E-state index contributed by atoms with van der Waals surface area (Å²) in [7, 11) is -1.95. The molecule has 0 amide bonds. The van der Waals surface area contributed by atoms with E-state index in [4.69, 9.17) is 4.74 Å². The summed E-state index contributed by atoms with van der Waals surface area (Å²) in [6, 6.07) is 6.51. The topological polar surface area (TPSA) is 72.4 Å². The second kappa shape index (κ2) is 6.86. The number of nitrogens with zero attached hydrogens (tertiary/aromatic N) is 3. The van der Waals surface area contributed by atoms with Crippen molar-refractivity contribution < 1.29 is 13.2 Å². The van der Waals surface area contributed by atoms with E-state index in [2.05, 4.69) is 9.97 Å². The molecule has 2 heterocycles. The van der Waals surface area contributed by atoms with Crippen molar-refractivity contribution in [3.05, 3.63) is 48.0 Å². The van der Waals surface area contributed by atoms with E-state index in [-0.39, 0.29) is 5.92 Å². The smallest absolute Gasteiger partial charge is 0.243 e. The van der Waals surface area contributed by atoms with Crippen molar-refractivity contribution in [3.63, 3.8) is 0 Å². The highest BCUT2D eigenvalue weighted by molar-refractivity contribution is 7.89. The largest absolute Gasteiger partial charge is 0.497 e. The molecule has 7 heteroatoms. The molecule has 0 radical (unpaired) electrons. The first kappa shape index (κ1) is 16.9. The van der Waals surface area contributed by atoms with Gasteiger partial charge in [0.2, 0.25) is 10.0 Å². The Morgan fingerprint density at radius 2 is 1.96 bits per heavy atom. The van der Waals surface area contributed by atoms with Gasteiger partial charge in [-0.05, 0) is 44.0 Å². The van der Waals surface area contributed by atoms with Crippen molar-refractivity contribution >= 4 is 10.0 Å². The number of aromatic nitrogens is 2. The molecule has 0 saturated carbocycles. The van der Waals surface area contributed by atoms with Gasteiger partial charge in [-0.2, -0.15) is 4.31 Å². The van der Waals surface area contributed by atoms with Crippen molar-refractivity contribution in [3.8, 4) is 5.75 Å². The molecule has 0 bridgehead atoms. The lowest BCUT2D eigenvalue weighted by Crippen LogP contribution is -2.39. The van der Waals surface area contributed by atoms with Gasteiger partial charge in [-0.1, -0.05) is 0 Å². The maximum absolute atomic E-state index is 12.9. The van der Waals surface area contributed by atoms with E-state index in [0.29, 0.717) is 23.7 Å². The van der Waals surface area contributed by atoms with E-state index in [0.717, 1.165) is 24.2 Å². The molecule has 0 spiro atoms. The van der Waals surface area contributed by atoms with Crippen molar-refractivity contribution in [2.45, 2.75) is 30.6 Å². The highest BCUT2D eigenvalue weighted by atomic mass is 32.2. The van der Waals surface area contributed by atoms with Crippen molar-refractivity contribution in [2.75, 3.05) is 20.2 Å². The van der Waals surface area contributed by atoms with Crippen LogP contribution >= 0.6 is 0 Å². The fraction of sp³-hybridized carbons (Fsp3) is 0.412. The van der Waals surface area contributed by atoms with Crippen molar-refractivity contribution in [2.24, 2.45) is 0 Å². The maximum atomic E-state index is 12.9. The third-order valence-corrected chi connectivity index (χ3v) is 6.15. The fourth-order valence-corrected chi connectivity index (χ4v) is 4.50. The first-order chi connectivity index (χ1) is 11.5. The van der Waals surface area contributed by atoms with Crippen LogP contribution in [0.1, 0.15) is 30.1 Å². The second-order valence-electron chi connectivity index (χ2n) is 5.96. The van der Waals surface area contributed by atoms with E-state index in [9.17, 15) is 8.42 Å². The predicted molar refractivity (Wildman–Crippen MR) is 90.5 cm³/mol. The van der Waals surface area contributed by atoms with Gasteiger partial charge in [0, 0.05) is 31.4 Å². The van der Waals surface area contributed by atoms with Crippen LogP contribution in [0.25, 0.3) is 0 Å². The van der Waals surface area contributed by atoms with Crippen LogP contribution in [0.2, 0.25) is 0 Å². The molecule has 3 rings (SSSR count). The van der Waals surface area contributed by atoms with Crippen LogP contribution in [0.3, 0.4) is 0 Å². The monoisotopic (exact) mass is 347 g/mol.